The van der Waals surface area contributed by atoms with Gasteiger partial charge in [0.05, 0.1) is 26.5 Å². The first-order valence-electron chi connectivity index (χ1n) is 7.14. The van der Waals surface area contributed by atoms with E-state index >= 15 is 0 Å². The van der Waals surface area contributed by atoms with Crippen LogP contribution in [0.2, 0.25) is 0 Å². The monoisotopic (exact) mass is 312 g/mol. The fourth-order valence-corrected chi connectivity index (χ4v) is 2.05. The average molecular weight is 312 g/mol. The minimum absolute atomic E-state index is 0.0273. The summed E-state index contributed by atoms with van der Waals surface area (Å²) in [6, 6.07) is 14.3. The topological polar surface area (TPSA) is 73.6 Å². The highest BCUT2D eigenvalue weighted by atomic mass is 16.5. The molecule has 5 heteroatoms. The Bertz CT molecular complexity index is 676. The van der Waals surface area contributed by atoms with Crippen LogP contribution in [-0.4, -0.2) is 26.5 Å². The van der Waals surface area contributed by atoms with Crippen LogP contribution in [0.1, 0.15) is 15.9 Å². The number of anilines is 1. The molecule has 23 heavy (non-hydrogen) atoms. The molecule has 2 aromatic carbocycles. The number of ketones is 1. The number of rotatable bonds is 7. The van der Waals surface area contributed by atoms with Gasteiger partial charge < -0.3 is 20.5 Å². The largest absolute Gasteiger partial charge is 0.502 e. The summed E-state index contributed by atoms with van der Waals surface area (Å²) in [5, 5.41) is 3.10. The summed E-state index contributed by atoms with van der Waals surface area (Å²) in [5.74, 6) is 0.740. The lowest BCUT2D eigenvalue weighted by molar-refractivity contribution is 0.0995. The quantitative estimate of drug-likeness (QED) is 0.467. The molecule has 0 amide bonds. The molecule has 0 aliphatic rings. The Hall–Kier alpha value is -2.95. The van der Waals surface area contributed by atoms with Gasteiger partial charge in [0.15, 0.2) is 5.78 Å². The first kappa shape index (κ1) is 16.4. The number of nitrogen functional groups attached to an aromatic ring is 1. The van der Waals surface area contributed by atoms with Crippen LogP contribution in [0.15, 0.2) is 54.8 Å². The van der Waals surface area contributed by atoms with Crippen molar-refractivity contribution < 1.29 is 14.3 Å². The average Bonchev–Trinajstić information content (AvgIpc) is 2.59. The summed E-state index contributed by atoms with van der Waals surface area (Å²) in [5.41, 5.74) is 8.49. The van der Waals surface area contributed by atoms with Gasteiger partial charge >= 0.3 is 0 Å². The van der Waals surface area contributed by atoms with Crippen LogP contribution < -0.4 is 15.8 Å². The molecule has 0 heterocycles. The number of hydrogen-bond acceptors (Lipinski definition) is 5. The van der Waals surface area contributed by atoms with E-state index in [1.54, 1.807) is 44.7 Å². The van der Waals surface area contributed by atoms with E-state index in [9.17, 15) is 4.79 Å². The van der Waals surface area contributed by atoms with Gasteiger partial charge in [-0.15, -0.1) is 0 Å². The summed E-state index contributed by atoms with van der Waals surface area (Å²) in [6.45, 7) is 0.158. The molecule has 0 radical (unpaired) electrons. The van der Waals surface area contributed by atoms with Crippen molar-refractivity contribution in [3.63, 3.8) is 0 Å². The number of Topliss-reactive ketones (excluding diaryl/α,β-unsaturated/α-hetero) is 1. The third kappa shape index (κ3) is 4.51. The van der Waals surface area contributed by atoms with Crippen molar-refractivity contribution in [2.75, 3.05) is 26.5 Å². The summed E-state index contributed by atoms with van der Waals surface area (Å²) in [4.78, 5) is 12.2. The molecule has 0 unspecified atom stereocenters. The molecule has 0 aromatic heterocycles. The van der Waals surface area contributed by atoms with Crippen molar-refractivity contribution in [3.05, 3.63) is 65.9 Å². The molecule has 0 spiro atoms. The molecular weight excluding hydrogens is 292 g/mol. The molecule has 2 aromatic rings. The van der Waals surface area contributed by atoms with Crippen LogP contribution in [0.4, 0.5) is 5.69 Å². The number of hydrogen-bond donors (Lipinski definition) is 2. The van der Waals surface area contributed by atoms with Crippen molar-refractivity contribution in [1.29, 1.82) is 0 Å². The lowest BCUT2D eigenvalue weighted by Crippen LogP contribution is -2.22. The molecule has 3 N–H and O–H groups in total. The molecular formula is C18H20N2O3. The summed E-state index contributed by atoms with van der Waals surface area (Å²) in [6.07, 6.45) is 1.57. The zero-order chi connectivity index (χ0) is 16.7. The standard InChI is InChI=1S/C18H20N2O3/c1-22-12-17(13-5-9-16(23-2)10-6-13)20-11-18(21)14-3-7-15(19)8-4-14/h3-10,12,20H,11,19H2,1-2H3. The number of ether oxygens (including phenoxy) is 2. The zero-order valence-corrected chi connectivity index (χ0v) is 13.2. The van der Waals surface area contributed by atoms with Gasteiger partial charge in [-0.05, 0) is 48.5 Å². The minimum Gasteiger partial charge on any atom is -0.502 e. The first-order chi connectivity index (χ1) is 11.1. The van der Waals surface area contributed by atoms with Gasteiger partial charge in [-0.2, -0.15) is 0 Å². The van der Waals surface area contributed by atoms with E-state index in [-0.39, 0.29) is 12.3 Å². The maximum atomic E-state index is 12.2. The second-order valence-corrected chi connectivity index (χ2v) is 4.89. The van der Waals surface area contributed by atoms with E-state index in [0.29, 0.717) is 11.3 Å². The van der Waals surface area contributed by atoms with Crippen LogP contribution in [0.25, 0.3) is 5.70 Å². The van der Waals surface area contributed by atoms with Crippen LogP contribution >= 0.6 is 0 Å². The maximum Gasteiger partial charge on any atom is 0.181 e. The molecule has 0 aliphatic carbocycles. The Morgan fingerprint density at radius 3 is 2.22 bits per heavy atom. The van der Waals surface area contributed by atoms with Gasteiger partial charge in [0.2, 0.25) is 0 Å². The van der Waals surface area contributed by atoms with Gasteiger partial charge in [-0.25, -0.2) is 0 Å². The Labute approximate surface area is 135 Å². The van der Waals surface area contributed by atoms with Crippen LogP contribution in [0, 0.1) is 0 Å². The van der Waals surface area contributed by atoms with E-state index in [0.717, 1.165) is 17.0 Å². The maximum absolute atomic E-state index is 12.2. The van der Waals surface area contributed by atoms with Crippen molar-refractivity contribution in [2.45, 2.75) is 0 Å². The number of nitrogens with one attached hydrogen (secondary N) is 1. The lowest BCUT2D eigenvalue weighted by Gasteiger charge is -2.11. The van der Waals surface area contributed by atoms with Gasteiger partial charge in [-0.1, -0.05) is 0 Å². The fraction of sp³-hybridized carbons (Fsp3) is 0.167. The zero-order valence-electron chi connectivity index (χ0n) is 13.2. The molecule has 0 aliphatic heterocycles. The molecule has 0 bridgehead atoms. The van der Waals surface area contributed by atoms with E-state index in [1.165, 1.54) is 0 Å². The van der Waals surface area contributed by atoms with Crippen LogP contribution in [0.3, 0.4) is 0 Å². The molecule has 0 atom stereocenters. The molecule has 0 saturated heterocycles. The van der Waals surface area contributed by atoms with Crippen LogP contribution in [0.5, 0.6) is 5.75 Å². The Balaban J connectivity index is 2.06. The van der Waals surface area contributed by atoms with Gasteiger partial charge in [0, 0.05) is 16.8 Å². The third-order valence-electron chi connectivity index (χ3n) is 3.31. The van der Waals surface area contributed by atoms with E-state index in [1.807, 2.05) is 24.3 Å². The van der Waals surface area contributed by atoms with E-state index in [2.05, 4.69) is 5.32 Å². The Kier molecular flexibility index (Phi) is 5.63. The highest BCUT2D eigenvalue weighted by Crippen LogP contribution is 2.17. The van der Waals surface area contributed by atoms with Crippen molar-refractivity contribution in [1.82, 2.24) is 5.32 Å². The molecule has 2 rings (SSSR count). The predicted molar refractivity (Wildman–Crippen MR) is 91.2 cm³/mol. The molecule has 5 nitrogen and oxygen atoms in total. The molecule has 0 saturated carbocycles. The second kappa shape index (κ2) is 7.89. The molecule has 0 fully saturated rings. The number of carbonyl (C=O) groups excluding carboxylic acids is 1. The van der Waals surface area contributed by atoms with Crippen LogP contribution in [-0.2, 0) is 4.74 Å². The summed E-state index contributed by atoms with van der Waals surface area (Å²) in [7, 11) is 3.18. The Morgan fingerprint density at radius 2 is 1.65 bits per heavy atom. The lowest BCUT2D eigenvalue weighted by atomic mass is 10.1. The predicted octanol–water partition coefficient (Wildman–Crippen LogP) is 2.69. The smallest absolute Gasteiger partial charge is 0.181 e. The number of nitrogens with two attached hydrogens (primary N) is 1. The SMILES string of the molecule is COC=C(NCC(=O)c1ccc(N)cc1)c1ccc(OC)cc1. The minimum atomic E-state index is -0.0273. The van der Waals surface area contributed by atoms with Crippen molar-refractivity contribution in [3.8, 4) is 5.75 Å². The van der Waals surface area contributed by atoms with Crippen molar-refractivity contribution in [2.24, 2.45) is 0 Å². The first-order valence-corrected chi connectivity index (χ1v) is 7.14. The fourth-order valence-electron chi connectivity index (χ4n) is 2.05. The number of carbonyl (C=O) groups is 1. The van der Waals surface area contributed by atoms with Gasteiger partial charge in [-0.3, -0.25) is 4.79 Å². The van der Waals surface area contributed by atoms with E-state index < -0.39 is 0 Å². The Morgan fingerprint density at radius 1 is 1.04 bits per heavy atom. The number of methoxy groups -OCH3 is 2. The highest BCUT2D eigenvalue weighted by molar-refractivity contribution is 5.98. The van der Waals surface area contributed by atoms with E-state index in [4.69, 9.17) is 15.2 Å². The van der Waals surface area contributed by atoms with Crippen molar-refractivity contribution >= 4 is 17.2 Å². The third-order valence-corrected chi connectivity index (χ3v) is 3.31. The number of benzene rings is 2. The summed E-state index contributed by atoms with van der Waals surface area (Å²) >= 11 is 0. The van der Waals surface area contributed by atoms with Gasteiger partial charge in [0.25, 0.3) is 0 Å². The normalized spacial score (nSPS) is 11.0. The summed E-state index contributed by atoms with van der Waals surface area (Å²) < 4.78 is 10.2. The molecule has 120 valence electrons. The van der Waals surface area contributed by atoms with Gasteiger partial charge in [0.1, 0.15) is 12.0 Å². The second-order valence-electron chi connectivity index (χ2n) is 4.89. The highest BCUT2D eigenvalue weighted by Gasteiger charge is 2.08.